The van der Waals surface area contributed by atoms with E-state index in [4.69, 9.17) is 21.6 Å². The largest absolute Gasteiger partial charge is 0.490 e. The molecular formula is C40H46ClN9O5. The maximum Gasteiger partial charge on any atom is 0.272 e. The molecule has 15 heteroatoms. The van der Waals surface area contributed by atoms with Crippen LogP contribution in [0.4, 0.5) is 11.5 Å². The molecule has 3 saturated heterocycles. The Balaban J connectivity index is 0.789. The minimum absolute atomic E-state index is 0.0286. The van der Waals surface area contributed by atoms with Gasteiger partial charge in [0.15, 0.2) is 11.5 Å². The van der Waals surface area contributed by atoms with Crippen molar-refractivity contribution in [1.82, 2.24) is 31.0 Å². The molecular weight excluding hydrogens is 722 g/mol. The number of carbonyl (C=O) groups excluding carboxylic acids is 4. The van der Waals surface area contributed by atoms with E-state index in [9.17, 15) is 19.2 Å². The number of halogens is 1. The predicted octanol–water partition coefficient (Wildman–Crippen LogP) is 3.70. The first-order chi connectivity index (χ1) is 26.7. The molecule has 1 saturated carbocycles. The van der Waals surface area contributed by atoms with Crippen LogP contribution >= 0.6 is 11.6 Å². The van der Waals surface area contributed by atoms with Crippen LogP contribution in [0.3, 0.4) is 0 Å². The van der Waals surface area contributed by atoms with Crippen molar-refractivity contribution in [2.75, 3.05) is 55.6 Å². The third-order valence-corrected chi connectivity index (χ3v) is 11.4. The maximum atomic E-state index is 13.0. The number of piperidine rings is 2. The smallest absolute Gasteiger partial charge is 0.272 e. The number of aromatic nitrogens is 2. The Kier molecular flexibility index (Phi) is 12.1. The van der Waals surface area contributed by atoms with Crippen molar-refractivity contribution in [1.29, 1.82) is 5.26 Å². The molecule has 3 aliphatic heterocycles. The van der Waals surface area contributed by atoms with Gasteiger partial charge in [-0.3, -0.25) is 29.4 Å². The first-order valence-electron chi connectivity index (χ1n) is 19.2. The molecule has 4 aliphatic rings. The van der Waals surface area contributed by atoms with Crippen molar-refractivity contribution in [2.45, 2.75) is 69.6 Å². The van der Waals surface area contributed by atoms with Crippen LogP contribution in [0.25, 0.3) is 0 Å². The van der Waals surface area contributed by atoms with E-state index in [0.29, 0.717) is 39.9 Å². The summed E-state index contributed by atoms with van der Waals surface area (Å²) in [5.74, 6) is 0.736. The molecule has 1 aromatic heterocycles. The molecule has 0 spiro atoms. The summed E-state index contributed by atoms with van der Waals surface area (Å²) in [7, 11) is 0. The first-order valence-corrected chi connectivity index (χ1v) is 19.6. The zero-order valence-corrected chi connectivity index (χ0v) is 31.5. The Labute approximate surface area is 325 Å². The summed E-state index contributed by atoms with van der Waals surface area (Å²) in [6.45, 7) is 6.60. The normalized spacial score (nSPS) is 22.4. The van der Waals surface area contributed by atoms with Gasteiger partial charge in [0.2, 0.25) is 11.8 Å². The molecule has 0 bridgehead atoms. The van der Waals surface area contributed by atoms with Gasteiger partial charge in [-0.05, 0) is 99.4 Å². The van der Waals surface area contributed by atoms with Crippen molar-refractivity contribution >= 4 is 46.7 Å². The second kappa shape index (κ2) is 17.5. The van der Waals surface area contributed by atoms with Crippen LogP contribution in [0.15, 0.2) is 54.6 Å². The summed E-state index contributed by atoms with van der Waals surface area (Å²) >= 11 is 6.14. The Morgan fingerprint density at radius 2 is 1.58 bits per heavy atom. The zero-order valence-electron chi connectivity index (χ0n) is 30.7. The Bertz CT molecular complexity index is 1900. The minimum atomic E-state index is -0.695. The molecule has 4 fully saturated rings. The number of nitrogens with one attached hydrogen (secondary N) is 3. The van der Waals surface area contributed by atoms with E-state index in [2.05, 4.69) is 46.9 Å². The fourth-order valence-electron chi connectivity index (χ4n) is 7.85. The van der Waals surface area contributed by atoms with E-state index in [1.807, 2.05) is 18.2 Å². The van der Waals surface area contributed by atoms with Crippen molar-refractivity contribution < 1.29 is 23.9 Å². The second-order valence-corrected chi connectivity index (χ2v) is 15.2. The lowest BCUT2D eigenvalue weighted by Crippen LogP contribution is -2.52. The maximum absolute atomic E-state index is 13.0. The van der Waals surface area contributed by atoms with Crippen LogP contribution in [-0.4, -0.2) is 103 Å². The van der Waals surface area contributed by atoms with Gasteiger partial charge in [-0.25, -0.2) is 0 Å². The third-order valence-electron chi connectivity index (χ3n) is 11.1. The van der Waals surface area contributed by atoms with Crippen LogP contribution in [0.1, 0.15) is 77.8 Å². The average molecular weight is 768 g/mol. The van der Waals surface area contributed by atoms with Crippen molar-refractivity contribution in [2.24, 2.45) is 5.92 Å². The predicted molar refractivity (Wildman–Crippen MR) is 206 cm³/mol. The molecule has 4 amide bonds. The summed E-state index contributed by atoms with van der Waals surface area (Å²) in [5.41, 5.74) is 2.28. The van der Waals surface area contributed by atoms with Crippen molar-refractivity contribution in [3.63, 3.8) is 0 Å². The van der Waals surface area contributed by atoms with Crippen LogP contribution in [-0.2, 0) is 9.59 Å². The van der Waals surface area contributed by atoms with E-state index in [1.165, 1.54) is 0 Å². The fraction of sp³-hybridized carbons (Fsp3) is 0.475. The molecule has 0 unspecified atom stereocenters. The fourth-order valence-corrected chi connectivity index (χ4v) is 8.06. The van der Waals surface area contributed by atoms with Crippen LogP contribution in [0.5, 0.6) is 5.75 Å². The first kappa shape index (κ1) is 38.0. The number of hydrogen-bond donors (Lipinski definition) is 3. The Hall–Kier alpha value is -5.26. The SMILES string of the molecule is N#Cc1ccc(OC2CCC(NC(=O)c3ccc(N4CCC(CN5CCN(c6ccc(C(=O)N[C@@H]7CCC(=O)NC7=O)cc6)CC5)CC4)nn3)CC2)cc1Cl. The van der Waals surface area contributed by atoms with Gasteiger partial charge in [0, 0.05) is 75.6 Å². The number of amides is 4. The Morgan fingerprint density at radius 1 is 0.836 bits per heavy atom. The number of ether oxygens (including phenoxy) is 1. The molecule has 7 rings (SSSR count). The summed E-state index contributed by atoms with van der Waals surface area (Å²) in [4.78, 5) is 56.2. The number of carbonyl (C=O) groups is 4. The van der Waals surface area contributed by atoms with Crippen LogP contribution in [0, 0.1) is 17.2 Å². The molecule has 4 heterocycles. The minimum Gasteiger partial charge on any atom is -0.490 e. The van der Waals surface area contributed by atoms with Gasteiger partial charge in [0.05, 0.1) is 16.7 Å². The molecule has 1 atom stereocenters. The lowest BCUT2D eigenvalue weighted by atomic mass is 9.93. The number of piperazine rings is 1. The lowest BCUT2D eigenvalue weighted by Gasteiger charge is -2.39. The van der Waals surface area contributed by atoms with Crippen LogP contribution in [0.2, 0.25) is 5.02 Å². The molecule has 55 heavy (non-hydrogen) atoms. The third kappa shape index (κ3) is 9.71. The highest BCUT2D eigenvalue weighted by Gasteiger charge is 2.29. The van der Waals surface area contributed by atoms with Gasteiger partial charge >= 0.3 is 0 Å². The molecule has 14 nitrogen and oxygen atoms in total. The average Bonchev–Trinajstić information content (AvgIpc) is 3.20. The van der Waals surface area contributed by atoms with E-state index in [1.54, 1.807) is 36.4 Å². The van der Waals surface area contributed by atoms with E-state index in [-0.39, 0.29) is 36.3 Å². The standard InChI is InChI=1S/C40H46ClN9O5/c41-33-23-32(8-3-28(33)24-42)55-31-9-4-29(5-10-31)43-40(54)35-11-13-36(47-46-35)50-17-15-26(16-18-50)25-48-19-21-49(22-20-48)30-6-1-27(2-7-30)38(52)44-34-12-14-37(51)45-39(34)53/h1-3,6-8,11,13,23,26,29,31,34H,4-5,9-10,12,14-22,25H2,(H,43,54)(H,44,52)(H,45,51,53)/t29?,31?,34-/m1/s1. The quantitative estimate of drug-likeness (QED) is 0.257. The zero-order chi connectivity index (χ0) is 38.3. The van der Waals surface area contributed by atoms with Gasteiger partial charge in [0.1, 0.15) is 17.9 Å². The second-order valence-electron chi connectivity index (χ2n) is 14.8. The monoisotopic (exact) mass is 767 g/mol. The molecule has 2 aromatic carbocycles. The summed E-state index contributed by atoms with van der Waals surface area (Å²) < 4.78 is 6.08. The number of imide groups is 1. The molecule has 288 valence electrons. The van der Waals surface area contributed by atoms with Gasteiger partial charge in [0.25, 0.3) is 11.8 Å². The van der Waals surface area contributed by atoms with Crippen molar-refractivity contribution in [3.05, 3.63) is 76.4 Å². The number of nitrogens with zero attached hydrogens (tertiary/aromatic N) is 6. The highest BCUT2D eigenvalue weighted by atomic mass is 35.5. The van der Waals surface area contributed by atoms with Gasteiger partial charge in [-0.2, -0.15) is 5.26 Å². The number of nitriles is 1. The van der Waals surface area contributed by atoms with Crippen molar-refractivity contribution in [3.8, 4) is 11.8 Å². The van der Waals surface area contributed by atoms with E-state index < -0.39 is 11.9 Å². The summed E-state index contributed by atoms with van der Waals surface area (Å²) in [6.07, 6.45) is 5.88. The molecule has 3 N–H and O–H groups in total. The number of benzene rings is 2. The molecule has 1 aliphatic carbocycles. The van der Waals surface area contributed by atoms with Crippen LogP contribution < -0.4 is 30.5 Å². The number of rotatable bonds is 10. The topological polar surface area (TPSA) is 173 Å². The lowest BCUT2D eigenvalue weighted by molar-refractivity contribution is -0.134. The van der Waals surface area contributed by atoms with Gasteiger partial charge in [-0.1, -0.05) is 11.6 Å². The van der Waals surface area contributed by atoms with Gasteiger partial charge < -0.3 is 25.2 Å². The van der Waals surface area contributed by atoms with E-state index in [0.717, 1.165) is 95.8 Å². The highest BCUT2D eigenvalue weighted by molar-refractivity contribution is 6.31. The number of hydrogen-bond acceptors (Lipinski definition) is 11. The highest BCUT2D eigenvalue weighted by Crippen LogP contribution is 2.28. The van der Waals surface area contributed by atoms with Gasteiger partial charge in [-0.15, -0.1) is 10.2 Å². The number of anilines is 2. The Morgan fingerprint density at radius 3 is 2.24 bits per heavy atom. The molecule has 3 aromatic rings. The summed E-state index contributed by atoms with van der Waals surface area (Å²) in [5, 5.41) is 26.3. The summed E-state index contributed by atoms with van der Waals surface area (Å²) in [6, 6.07) is 17.6. The van der Waals surface area contributed by atoms with E-state index >= 15 is 0 Å². The molecule has 0 radical (unpaired) electrons.